The second kappa shape index (κ2) is 5.98. The molecule has 0 fully saturated rings. The molecule has 0 aliphatic heterocycles. The number of nitrogens with one attached hydrogen (secondary N) is 1. The van der Waals surface area contributed by atoms with Crippen molar-refractivity contribution in [3.8, 4) is 5.40 Å². The second-order valence-electron chi connectivity index (χ2n) is 0.752. The molecule has 0 aliphatic carbocycles. The Bertz CT molecular complexity index is 124. The van der Waals surface area contributed by atoms with Crippen molar-refractivity contribution < 1.29 is 0 Å². The third kappa shape index (κ3) is 4.98. The molecular weight excluding hydrogens is 124 g/mol. The first-order valence-corrected chi connectivity index (χ1v) is 2.18. The van der Waals surface area contributed by atoms with Gasteiger partial charge in [0, 0.05) is 0 Å². The van der Waals surface area contributed by atoms with Gasteiger partial charge in [0.25, 0.3) is 0 Å². The molecule has 1 rings (SSSR count). The smallest absolute Gasteiger partial charge is 0.137 e. The van der Waals surface area contributed by atoms with Gasteiger partial charge in [-0.1, -0.05) is 12.6 Å². The standard InChI is InChI=1S/C2H3N3.CHNS/c1-3-2-5-4-1;2-1-3/h1-2H,(H,3,4,5);3H. The summed E-state index contributed by atoms with van der Waals surface area (Å²) in [6.45, 7) is 0. The van der Waals surface area contributed by atoms with Gasteiger partial charge in [-0.3, -0.25) is 5.10 Å². The van der Waals surface area contributed by atoms with Gasteiger partial charge >= 0.3 is 0 Å². The van der Waals surface area contributed by atoms with Gasteiger partial charge in [-0.25, -0.2) is 4.98 Å². The van der Waals surface area contributed by atoms with Crippen molar-refractivity contribution in [2.24, 2.45) is 0 Å². The van der Waals surface area contributed by atoms with Crippen LogP contribution < -0.4 is 0 Å². The van der Waals surface area contributed by atoms with Gasteiger partial charge in [0.2, 0.25) is 0 Å². The fraction of sp³-hybridized carbons (Fsp3) is 0. The molecule has 0 saturated carbocycles. The van der Waals surface area contributed by atoms with E-state index >= 15 is 0 Å². The Kier molecular flexibility index (Phi) is 5.22. The third-order valence-electron chi connectivity index (χ3n) is 0.331. The number of thiocyanates is 1. The first kappa shape index (κ1) is 6.98. The molecule has 0 saturated heterocycles. The molecule has 0 atom stereocenters. The van der Waals surface area contributed by atoms with Gasteiger partial charge in [0.15, 0.2) is 0 Å². The highest BCUT2D eigenvalue weighted by Gasteiger charge is 1.57. The molecule has 8 heavy (non-hydrogen) atoms. The third-order valence-corrected chi connectivity index (χ3v) is 0.331. The number of nitrogens with zero attached hydrogens (tertiary/aromatic N) is 3. The normalized spacial score (nSPS) is 6.00. The molecule has 1 aromatic heterocycles. The van der Waals surface area contributed by atoms with Gasteiger partial charge in [0.1, 0.15) is 18.1 Å². The van der Waals surface area contributed by atoms with Gasteiger partial charge in [-0.15, -0.1) is 0 Å². The Hall–Kier alpha value is -1.02. The van der Waals surface area contributed by atoms with Crippen molar-refractivity contribution in [3.63, 3.8) is 0 Å². The molecule has 0 amide bonds. The van der Waals surface area contributed by atoms with Crippen molar-refractivity contribution in [2.45, 2.75) is 0 Å². The van der Waals surface area contributed by atoms with Crippen molar-refractivity contribution in [3.05, 3.63) is 12.7 Å². The Balaban J connectivity index is 0.000000145. The number of thiol groups is 1. The van der Waals surface area contributed by atoms with Crippen LogP contribution in [-0.2, 0) is 0 Å². The fourth-order valence-corrected chi connectivity index (χ4v) is 0.167. The molecule has 1 N–H and O–H groups in total. The van der Waals surface area contributed by atoms with Crippen LogP contribution in [0.1, 0.15) is 0 Å². The fourth-order valence-electron chi connectivity index (χ4n) is 0.167. The summed E-state index contributed by atoms with van der Waals surface area (Å²) in [6.07, 6.45) is 2.96. The largest absolute Gasteiger partial charge is 0.266 e. The Morgan fingerprint density at radius 2 is 2.38 bits per heavy atom. The number of H-pyrrole nitrogens is 1. The van der Waals surface area contributed by atoms with Crippen LogP contribution in [-0.4, -0.2) is 15.2 Å². The first-order chi connectivity index (χ1) is 3.91. The highest BCUT2D eigenvalue weighted by molar-refractivity contribution is 7.85. The SMILES string of the molecule is N#CS.c1nc[nH]n1. The summed E-state index contributed by atoms with van der Waals surface area (Å²) in [6, 6.07) is 0. The lowest BCUT2D eigenvalue weighted by molar-refractivity contribution is 1.09. The van der Waals surface area contributed by atoms with Crippen LogP contribution in [0.5, 0.6) is 0 Å². The highest BCUT2D eigenvalue weighted by Crippen LogP contribution is 1.53. The quantitative estimate of drug-likeness (QED) is 0.387. The summed E-state index contributed by atoms with van der Waals surface area (Å²) in [4.78, 5) is 3.56. The van der Waals surface area contributed by atoms with Crippen LogP contribution in [0.25, 0.3) is 0 Å². The minimum Gasteiger partial charge on any atom is -0.266 e. The molecule has 1 heterocycles. The van der Waals surface area contributed by atoms with Crippen molar-refractivity contribution in [1.82, 2.24) is 15.2 Å². The van der Waals surface area contributed by atoms with Crippen molar-refractivity contribution >= 4 is 12.6 Å². The topological polar surface area (TPSA) is 65.4 Å². The number of rotatable bonds is 0. The van der Waals surface area contributed by atoms with Crippen LogP contribution in [0, 0.1) is 10.7 Å². The maximum Gasteiger partial charge on any atom is 0.137 e. The van der Waals surface area contributed by atoms with E-state index < -0.39 is 0 Å². The lowest BCUT2D eigenvalue weighted by Crippen LogP contribution is -1.53. The molecule has 0 bridgehead atoms. The molecular formula is C3H4N4S. The van der Waals surface area contributed by atoms with Crippen LogP contribution >= 0.6 is 12.6 Å². The number of hydrogen-bond donors (Lipinski definition) is 2. The first-order valence-electron chi connectivity index (χ1n) is 1.73. The van der Waals surface area contributed by atoms with Crippen LogP contribution in [0.2, 0.25) is 0 Å². The second-order valence-corrected chi connectivity index (χ2v) is 0.952. The lowest BCUT2D eigenvalue weighted by atomic mass is 11.3. The van der Waals surface area contributed by atoms with Crippen LogP contribution in [0.3, 0.4) is 0 Å². The summed E-state index contributed by atoms with van der Waals surface area (Å²) in [7, 11) is 0. The predicted molar refractivity (Wildman–Crippen MR) is 31.0 cm³/mol. The van der Waals surface area contributed by atoms with Crippen LogP contribution in [0.4, 0.5) is 0 Å². The summed E-state index contributed by atoms with van der Waals surface area (Å²) in [5.41, 5.74) is 0. The number of aromatic amines is 1. The summed E-state index contributed by atoms with van der Waals surface area (Å²) in [5.74, 6) is 0. The van der Waals surface area contributed by atoms with E-state index in [1.807, 2.05) is 0 Å². The maximum atomic E-state index is 7.18. The van der Waals surface area contributed by atoms with Gasteiger partial charge in [-0.05, 0) is 0 Å². The van der Waals surface area contributed by atoms with Gasteiger partial charge in [-0.2, -0.15) is 10.4 Å². The average Bonchev–Trinajstić information content (AvgIpc) is 2.17. The number of hydrogen-bond acceptors (Lipinski definition) is 4. The van der Waals surface area contributed by atoms with E-state index in [-0.39, 0.29) is 0 Å². The number of aromatic nitrogens is 3. The number of nitriles is 1. The minimum atomic E-state index is 1.44. The van der Waals surface area contributed by atoms with E-state index in [1.54, 1.807) is 0 Å². The predicted octanol–water partition coefficient (Wildman–Crippen LogP) is 0.202. The van der Waals surface area contributed by atoms with E-state index in [2.05, 4.69) is 27.8 Å². The summed E-state index contributed by atoms with van der Waals surface area (Å²) >= 11 is 3.09. The molecule has 0 unspecified atom stereocenters. The zero-order valence-electron chi connectivity index (χ0n) is 3.94. The molecule has 0 aromatic carbocycles. The highest BCUT2D eigenvalue weighted by atomic mass is 32.1. The van der Waals surface area contributed by atoms with E-state index in [0.717, 1.165) is 0 Å². The van der Waals surface area contributed by atoms with Gasteiger partial charge < -0.3 is 0 Å². The molecule has 0 radical (unpaired) electrons. The Morgan fingerprint density at radius 3 is 2.50 bits per heavy atom. The molecule has 1 aromatic rings. The van der Waals surface area contributed by atoms with Crippen LogP contribution in [0.15, 0.2) is 12.7 Å². The van der Waals surface area contributed by atoms with Crippen molar-refractivity contribution in [2.75, 3.05) is 0 Å². The Morgan fingerprint density at radius 1 is 1.75 bits per heavy atom. The molecule has 5 heteroatoms. The van der Waals surface area contributed by atoms with Gasteiger partial charge in [0.05, 0.1) is 0 Å². The zero-order chi connectivity index (χ0) is 6.24. The maximum absolute atomic E-state index is 7.18. The molecule has 0 aliphatic rings. The zero-order valence-corrected chi connectivity index (χ0v) is 4.84. The molecule has 4 nitrogen and oxygen atoms in total. The minimum absolute atomic E-state index is 1.44. The van der Waals surface area contributed by atoms with E-state index in [9.17, 15) is 0 Å². The van der Waals surface area contributed by atoms with E-state index in [4.69, 9.17) is 5.26 Å². The monoisotopic (exact) mass is 128 g/mol. The summed E-state index contributed by atoms with van der Waals surface area (Å²) in [5, 5.41) is 14.6. The van der Waals surface area contributed by atoms with Crippen molar-refractivity contribution in [1.29, 1.82) is 5.26 Å². The molecule has 42 valence electrons. The van der Waals surface area contributed by atoms with E-state index in [1.165, 1.54) is 18.1 Å². The Labute approximate surface area is 52.0 Å². The van der Waals surface area contributed by atoms with E-state index in [0.29, 0.717) is 0 Å². The lowest BCUT2D eigenvalue weighted by Gasteiger charge is -1.46. The molecule has 0 spiro atoms. The average molecular weight is 128 g/mol. The summed E-state index contributed by atoms with van der Waals surface area (Å²) < 4.78 is 0.